The number of rotatable bonds is 6. The smallest absolute Gasteiger partial charge is 0.0113 e. The van der Waals surface area contributed by atoms with Crippen molar-refractivity contribution in [2.24, 2.45) is 0 Å². The van der Waals surface area contributed by atoms with Gasteiger partial charge in [-0.2, -0.15) is 23.1 Å². The first-order valence-electron chi connectivity index (χ1n) is 4.54. The summed E-state index contributed by atoms with van der Waals surface area (Å²) in [4.78, 5) is 0. The van der Waals surface area contributed by atoms with Crippen LogP contribution in [0.5, 0.6) is 0 Å². The van der Waals surface area contributed by atoms with E-state index in [-0.39, 0.29) is 0 Å². The van der Waals surface area contributed by atoms with E-state index in [2.05, 4.69) is 35.4 Å². The average Bonchev–Trinajstić information content (AvgIpc) is 2.64. The predicted molar refractivity (Wildman–Crippen MR) is 63.9 cm³/mol. The van der Waals surface area contributed by atoms with Crippen molar-refractivity contribution in [3.8, 4) is 0 Å². The molecule has 74 valence electrons. The summed E-state index contributed by atoms with van der Waals surface area (Å²) in [5.41, 5.74) is 1.46. The first-order chi connectivity index (χ1) is 6.36. The third kappa shape index (κ3) is 4.16. The van der Waals surface area contributed by atoms with Crippen molar-refractivity contribution in [1.82, 2.24) is 5.32 Å². The molecule has 1 aromatic rings. The van der Waals surface area contributed by atoms with E-state index in [1.165, 1.54) is 24.2 Å². The number of thioether (sulfide) groups is 1. The second-order valence-electron chi connectivity index (χ2n) is 3.10. The van der Waals surface area contributed by atoms with Gasteiger partial charge < -0.3 is 5.32 Å². The Hall–Kier alpha value is 0.01000. The zero-order valence-electron chi connectivity index (χ0n) is 8.25. The molecular weight excluding hydrogens is 198 g/mol. The number of thiophene rings is 1. The van der Waals surface area contributed by atoms with Crippen molar-refractivity contribution in [3.63, 3.8) is 0 Å². The summed E-state index contributed by atoms with van der Waals surface area (Å²) in [6.07, 6.45) is 4.59. The summed E-state index contributed by atoms with van der Waals surface area (Å²) in [5, 5.41) is 7.76. The Morgan fingerprint density at radius 2 is 2.46 bits per heavy atom. The SMILES string of the molecule is CNC(CCSC)Cc1ccsc1. The standard InChI is InChI=1S/C10H17NS2/c1-11-10(4-5-12-2)7-9-3-6-13-8-9/h3,6,8,10-11H,4-5,7H2,1-2H3. The summed E-state index contributed by atoms with van der Waals surface area (Å²) >= 11 is 3.70. The fourth-order valence-electron chi connectivity index (χ4n) is 1.30. The van der Waals surface area contributed by atoms with E-state index in [1.807, 2.05) is 11.8 Å². The van der Waals surface area contributed by atoms with Crippen molar-refractivity contribution >= 4 is 23.1 Å². The van der Waals surface area contributed by atoms with Crippen LogP contribution in [0.25, 0.3) is 0 Å². The van der Waals surface area contributed by atoms with Crippen LogP contribution in [0.4, 0.5) is 0 Å². The average molecular weight is 215 g/mol. The lowest BCUT2D eigenvalue weighted by Crippen LogP contribution is -2.27. The van der Waals surface area contributed by atoms with Gasteiger partial charge in [-0.05, 0) is 54.3 Å². The van der Waals surface area contributed by atoms with Gasteiger partial charge in [0.15, 0.2) is 0 Å². The van der Waals surface area contributed by atoms with Gasteiger partial charge in [-0.3, -0.25) is 0 Å². The van der Waals surface area contributed by atoms with Gasteiger partial charge in [0.05, 0.1) is 0 Å². The Labute approximate surface area is 88.9 Å². The number of hydrogen-bond acceptors (Lipinski definition) is 3. The van der Waals surface area contributed by atoms with Gasteiger partial charge in [0, 0.05) is 6.04 Å². The molecule has 1 atom stereocenters. The molecule has 1 N–H and O–H groups in total. The molecule has 0 saturated carbocycles. The molecule has 0 amide bonds. The van der Waals surface area contributed by atoms with Crippen molar-refractivity contribution < 1.29 is 0 Å². The first-order valence-corrected chi connectivity index (χ1v) is 6.87. The Morgan fingerprint density at radius 1 is 1.62 bits per heavy atom. The molecule has 0 fully saturated rings. The highest BCUT2D eigenvalue weighted by Gasteiger charge is 2.06. The summed E-state index contributed by atoms with van der Waals surface area (Å²) < 4.78 is 0. The van der Waals surface area contributed by atoms with Crippen molar-refractivity contribution in [1.29, 1.82) is 0 Å². The van der Waals surface area contributed by atoms with E-state index in [0.717, 1.165) is 0 Å². The Bertz CT molecular complexity index is 209. The largest absolute Gasteiger partial charge is 0.317 e. The van der Waals surface area contributed by atoms with Crippen LogP contribution in [0, 0.1) is 0 Å². The maximum atomic E-state index is 3.37. The van der Waals surface area contributed by atoms with Gasteiger partial charge >= 0.3 is 0 Å². The molecule has 1 nitrogen and oxygen atoms in total. The third-order valence-corrected chi connectivity index (χ3v) is 3.52. The lowest BCUT2D eigenvalue weighted by molar-refractivity contribution is 0.548. The number of nitrogens with one attached hydrogen (secondary N) is 1. The van der Waals surface area contributed by atoms with E-state index in [0.29, 0.717) is 6.04 Å². The van der Waals surface area contributed by atoms with Crippen LogP contribution in [0.15, 0.2) is 16.8 Å². The number of likely N-dealkylation sites (N-methyl/N-ethyl adjacent to an activating group) is 1. The van der Waals surface area contributed by atoms with E-state index in [1.54, 1.807) is 11.3 Å². The molecule has 0 radical (unpaired) electrons. The molecule has 0 bridgehead atoms. The molecule has 0 aliphatic heterocycles. The Balaban J connectivity index is 2.31. The van der Waals surface area contributed by atoms with Gasteiger partial charge in [-0.25, -0.2) is 0 Å². The molecule has 13 heavy (non-hydrogen) atoms. The summed E-state index contributed by atoms with van der Waals surface area (Å²) in [6, 6.07) is 2.86. The highest BCUT2D eigenvalue weighted by atomic mass is 32.2. The fraction of sp³-hybridized carbons (Fsp3) is 0.600. The lowest BCUT2D eigenvalue weighted by atomic mass is 10.1. The molecule has 0 aromatic carbocycles. The van der Waals surface area contributed by atoms with Gasteiger partial charge in [-0.1, -0.05) is 0 Å². The van der Waals surface area contributed by atoms with Crippen LogP contribution in [-0.2, 0) is 6.42 Å². The Kier molecular flexibility index (Phi) is 5.51. The van der Waals surface area contributed by atoms with Crippen LogP contribution in [0.1, 0.15) is 12.0 Å². The summed E-state index contributed by atoms with van der Waals surface area (Å²) in [7, 11) is 2.05. The second kappa shape index (κ2) is 6.46. The maximum Gasteiger partial charge on any atom is 0.0113 e. The van der Waals surface area contributed by atoms with Crippen molar-refractivity contribution in [2.75, 3.05) is 19.1 Å². The molecule has 1 rings (SSSR count). The molecule has 1 unspecified atom stereocenters. The molecule has 0 saturated heterocycles. The first kappa shape index (κ1) is 11.1. The maximum absolute atomic E-state index is 3.37. The van der Waals surface area contributed by atoms with Gasteiger partial charge in [0.2, 0.25) is 0 Å². The third-order valence-electron chi connectivity index (χ3n) is 2.14. The quantitative estimate of drug-likeness (QED) is 0.783. The molecule has 3 heteroatoms. The molecule has 0 spiro atoms. The fourth-order valence-corrected chi connectivity index (χ4v) is 2.50. The molecular formula is C10H17NS2. The lowest BCUT2D eigenvalue weighted by Gasteiger charge is -2.14. The minimum atomic E-state index is 0.641. The van der Waals surface area contributed by atoms with E-state index >= 15 is 0 Å². The van der Waals surface area contributed by atoms with Gasteiger partial charge in [-0.15, -0.1) is 0 Å². The summed E-state index contributed by atoms with van der Waals surface area (Å²) in [5.74, 6) is 1.25. The highest BCUT2D eigenvalue weighted by molar-refractivity contribution is 7.98. The van der Waals surface area contributed by atoms with Gasteiger partial charge in [0.25, 0.3) is 0 Å². The minimum Gasteiger partial charge on any atom is -0.317 e. The molecule has 0 aliphatic rings. The minimum absolute atomic E-state index is 0.641. The van der Waals surface area contributed by atoms with Crippen LogP contribution in [0.3, 0.4) is 0 Å². The molecule has 1 heterocycles. The monoisotopic (exact) mass is 215 g/mol. The normalized spacial score (nSPS) is 13.1. The van der Waals surface area contributed by atoms with Gasteiger partial charge in [0.1, 0.15) is 0 Å². The van der Waals surface area contributed by atoms with Crippen LogP contribution < -0.4 is 5.32 Å². The molecule has 0 aliphatic carbocycles. The zero-order valence-corrected chi connectivity index (χ0v) is 9.88. The van der Waals surface area contributed by atoms with Crippen LogP contribution >= 0.6 is 23.1 Å². The van der Waals surface area contributed by atoms with E-state index < -0.39 is 0 Å². The van der Waals surface area contributed by atoms with Crippen molar-refractivity contribution in [3.05, 3.63) is 22.4 Å². The molecule has 1 aromatic heterocycles. The van der Waals surface area contributed by atoms with Crippen LogP contribution in [-0.4, -0.2) is 25.1 Å². The zero-order chi connectivity index (χ0) is 9.52. The Morgan fingerprint density at radius 3 is 3.00 bits per heavy atom. The topological polar surface area (TPSA) is 12.0 Å². The second-order valence-corrected chi connectivity index (χ2v) is 4.87. The van der Waals surface area contributed by atoms with Crippen LogP contribution in [0.2, 0.25) is 0 Å². The summed E-state index contributed by atoms with van der Waals surface area (Å²) in [6.45, 7) is 0. The van der Waals surface area contributed by atoms with E-state index in [9.17, 15) is 0 Å². The van der Waals surface area contributed by atoms with Crippen molar-refractivity contribution in [2.45, 2.75) is 18.9 Å². The predicted octanol–water partition coefficient (Wildman–Crippen LogP) is 2.63. The van der Waals surface area contributed by atoms with E-state index in [4.69, 9.17) is 0 Å². The highest BCUT2D eigenvalue weighted by Crippen LogP contribution is 2.11. The number of hydrogen-bond donors (Lipinski definition) is 1.